The van der Waals surface area contributed by atoms with Crippen molar-refractivity contribution in [1.29, 1.82) is 0 Å². The van der Waals surface area contributed by atoms with E-state index in [1.807, 2.05) is 18.2 Å². The molecule has 0 fully saturated rings. The van der Waals surface area contributed by atoms with Crippen molar-refractivity contribution < 1.29 is 37.0 Å². The maximum absolute atomic E-state index is 9.79. The molecule has 8 heteroatoms. The molecule has 0 bridgehead atoms. The standard InChI is InChI=1S/C53H34N4.C46H30N4/c1-3-15-35(16-4-1)39-21-13-22-40(33-39)42-26-14-28-49-50(42)46-25-11-12-27-47(46)57(49)48-32-31-45(43-23-9-10-24-44(43)48)53-55-51(37-18-5-2-6-19-37)54-52(56-53)41-30-29-36-17-7-8-20-38(36)34-41;1-29-18-19-33-28-35(23-21-32(33)26-29)45-47-44(34-22-20-30-10-2-3-11-31(30)27-34)48-46(49-45)40-24-25-43(37-13-5-4-12-36(37)40)50-41-16-8-6-14-38(41)39-15-7-9-17-42(39)50/h1-34H;2-28H,1H3/i;2D,3D,4D,5D,6D,7D,8D,9D,10D,11D,12D,13D,14D,15D,16D,17D,18D,19D,20D,21D,22D,23D,24D,25D,26D,27D,28D. The highest BCUT2D eigenvalue weighted by Gasteiger charge is 2.23. The molecule has 0 unspecified atom stereocenters. The molecule has 500 valence electrons. The highest BCUT2D eigenvalue weighted by atomic mass is 15.1. The van der Waals surface area contributed by atoms with E-state index in [4.69, 9.17) is 41.0 Å². The number of nitrogens with zero attached hydrogens (tertiary/aromatic N) is 8. The first kappa shape index (κ1) is 40.5. The van der Waals surface area contributed by atoms with Crippen molar-refractivity contribution in [2.75, 3.05) is 0 Å². The van der Waals surface area contributed by atoms with Crippen LogP contribution in [0.5, 0.6) is 0 Å². The van der Waals surface area contributed by atoms with Gasteiger partial charge < -0.3 is 9.13 Å². The van der Waals surface area contributed by atoms with Crippen molar-refractivity contribution >= 4 is 97.5 Å². The van der Waals surface area contributed by atoms with E-state index in [2.05, 4.69) is 208 Å². The summed E-state index contributed by atoms with van der Waals surface area (Å²) in [5.41, 5.74) is 6.76. The first-order valence-electron chi connectivity index (χ1n) is 47.5. The Labute approximate surface area is 655 Å². The summed E-state index contributed by atoms with van der Waals surface area (Å²) in [5, 5.41) is 2.49. The van der Waals surface area contributed by atoms with Gasteiger partial charge in [0.25, 0.3) is 0 Å². The molecule has 0 amide bonds. The molecular weight excluding hydrogens is 1300 g/mol. The Kier molecular flexibility index (Phi) is 9.90. The first-order chi connectivity index (χ1) is 64.2. The van der Waals surface area contributed by atoms with E-state index < -0.39 is 252 Å². The quantitative estimate of drug-likeness (QED) is 0.136. The Balaban J connectivity index is 0.000000173. The second-order valence-corrected chi connectivity index (χ2v) is 25.2. The van der Waals surface area contributed by atoms with Gasteiger partial charge in [-0.15, -0.1) is 0 Å². The van der Waals surface area contributed by atoms with Gasteiger partial charge in [-0.25, -0.2) is 29.9 Å². The number of rotatable bonds is 10. The third kappa shape index (κ3) is 11.2. The maximum Gasteiger partial charge on any atom is 0.164 e. The van der Waals surface area contributed by atoms with Crippen LogP contribution in [-0.2, 0) is 0 Å². The lowest BCUT2D eigenvalue weighted by Crippen LogP contribution is -2.02. The molecule has 0 N–H and O–H groups in total. The molecule has 0 spiro atoms. The molecule has 21 rings (SSSR count). The van der Waals surface area contributed by atoms with E-state index in [1.165, 1.54) is 45.3 Å². The molecule has 0 radical (unpaired) electrons. The second-order valence-electron chi connectivity index (χ2n) is 25.2. The first-order valence-corrected chi connectivity index (χ1v) is 34.0. The number of hydrogen-bond donors (Lipinski definition) is 0. The zero-order chi connectivity index (χ0) is 94.4. The minimum Gasteiger partial charge on any atom is -0.309 e. The van der Waals surface area contributed by atoms with Crippen LogP contribution in [0.15, 0.2) is 369 Å². The Hall–Kier alpha value is -14.3. The lowest BCUT2D eigenvalue weighted by atomic mass is 9.96. The van der Waals surface area contributed by atoms with Gasteiger partial charge in [-0.3, -0.25) is 0 Å². The van der Waals surface area contributed by atoms with Gasteiger partial charge in [0.1, 0.15) is 0 Å². The van der Waals surface area contributed by atoms with Crippen LogP contribution in [0.25, 0.3) is 199 Å². The molecule has 4 heterocycles. The normalized spacial score (nSPS) is 15.1. The van der Waals surface area contributed by atoms with Crippen LogP contribution in [0.2, 0.25) is 0 Å². The molecule has 107 heavy (non-hydrogen) atoms. The van der Waals surface area contributed by atoms with Gasteiger partial charge in [-0.1, -0.05) is 302 Å². The second kappa shape index (κ2) is 26.2. The minimum atomic E-state index is -1.07. The van der Waals surface area contributed by atoms with Gasteiger partial charge in [0.15, 0.2) is 34.9 Å². The van der Waals surface area contributed by atoms with Gasteiger partial charge in [-0.05, 0) is 145 Å². The summed E-state index contributed by atoms with van der Waals surface area (Å²) in [6.07, 6.45) is 0. The topological polar surface area (TPSA) is 87.2 Å². The van der Waals surface area contributed by atoms with E-state index >= 15 is 0 Å². The summed E-state index contributed by atoms with van der Waals surface area (Å²) in [6, 6.07) is 50.1. The summed E-state index contributed by atoms with van der Waals surface area (Å²) < 4.78 is 245. The van der Waals surface area contributed by atoms with Crippen molar-refractivity contribution in [3.8, 4) is 102 Å². The van der Waals surface area contributed by atoms with E-state index in [0.717, 1.165) is 54.1 Å². The summed E-state index contributed by atoms with van der Waals surface area (Å²) >= 11 is 0. The van der Waals surface area contributed by atoms with E-state index in [0.29, 0.717) is 17.5 Å². The summed E-state index contributed by atoms with van der Waals surface area (Å²) in [7, 11) is 0. The fraction of sp³-hybridized carbons (Fsp3) is 0.0101. The van der Waals surface area contributed by atoms with E-state index in [1.54, 1.807) is 0 Å². The van der Waals surface area contributed by atoms with Crippen molar-refractivity contribution in [1.82, 2.24) is 39.0 Å². The summed E-state index contributed by atoms with van der Waals surface area (Å²) in [6.45, 7) is 1.33. The van der Waals surface area contributed by atoms with Gasteiger partial charge in [0.05, 0.1) is 70.5 Å². The average Bonchev–Trinajstić information content (AvgIpc) is 1.61. The van der Waals surface area contributed by atoms with Crippen LogP contribution in [0.4, 0.5) is 0 Å². The van der Waals surface area contributed by atoms with Crippen molar-refractivity contribution in [2.24, 2.45) is 0 Å². The Bertz CT molecular complexity index is 8600. The van der Waals surface area contributed by atoms with Gasteiger partial charge >= 0.3 is 0 Å². The predicted octanol–water partition coefficient (Wildman–Crippen LogP) is 25.3. The SMILES string of the molecule is [2H]c1c([2H])c([2H])c2c([2H])c(-c3nc(-c4c([2H])c([2H])c5c([2H])c(C)c([2H])c([2H])c5c4[2H])nc(-c4c([2H])c([2H])c(-n5c6c([2H])c([2H])c([2H])c([2H])c6c6c([2H])c([2H])c([2H])c([2H])c65)c5c([2H])c([2H])c([2H])c([2H])c45)n3)c([2H])c([2H])c2c1[2H].c1ccc(-c2cccc(-c3cccc4c3c3ccccc3n4-c3ccc(-c4nc(-c5ccccc5)nc(-c5ccc6ccccc6c5)n4)c4ccccc34)c2)cc1. The third-order valence-electron chi connectivity index (χ3n) is 18.8. The average molecular weight is 1390 g/mol. The lowest BCUT2D eigenvalue weighted by molar-refractivity contribution is 1.08. The van der Waals surface area contributed by atoms with Crippen molar-refractivity contribution in [2.45, 2.75) is 6.92 Å². The molecular formula is C99H64N8. The van der Waals surface area contributed by atoms with Crippen LogP contribution in [0.1, 0.15) is 42.6 Å². The van der Waals surface area contributed by atoms with Gasteiger partial charge in [0, 0.05) is 65.7 Å². The molecule has 8 nitrogen and oxygen atoms in total. The Morgan fingerprint density at radius 2 is 0.748 bits per heavy atom. The third-order valence-corrected chi connectivity index (χ3v) is 18.8. The number of fused-ring (bicyclic) bond motifs is 11. The number of benzene rings is 17. The van der Waals surface area contributed by atoms with Gasteiger partial charge in [0.2, 0.25) is 0 Å². The Morgan fingerprint density at radius 3 is 1.50 bits per heavy atom. The molecule has 17 aromatic carbocycles. The zero-order valence-electron chi connectivity index (χ0n) is 83.2. The van der Waals surface area contributed by atoms with Crippen molar-refractivity contribution in [3.63, 3.8) is 0 Å². The fourth-order valence-electron chi connectivity index (χ4n) is 13.9. The highest BCUT2D eigenvalue weighted by molar-refractivity contribution is 6.17. The molecule has 0 aliphatic carbocycles. The summed E-state index contributed by atoms with van der Waals surface area (Å²) in [5.74, 6) is -0.708. The number of aromatic nitrogens is 8. The van der Waals surface area contributed by atoms with E-state index in [9.17, 15) is 11.0 Å². The van der Waals surface area contributed by atoms with Crippen LogP contribution < -0.4 is 0 Å². The van der Waals surface area contributed by atoms with Crippen LogP contribution in [0.3, 0.4) is 0 Å². The molecule has 4 aromatic heterocycles. The Morgan fingerprint density at radius 1 is 0.234 bits per heavy atom. The zero-order valence-corrected chi connectivity index (χ0v) is 56.2. The van der Waals surface area contributed by atoms with Gasteiger partial charge in [-0.2, -0.15) is 0 Å². The lowest BCUT2D eigenvalue weighted by Gasteiger charge is -2.15. The highest BCUT2D eigenvalue weighted by Crippen LogP contribution is 2.44. The molecule has 0 saturated carbocycles. The van der Waals surface area contributed by atoms with Crippen LogP contribution in [-0.4, -0.2) is 39.0 Å². The van der Waals surface area contributed by atoms with Crippen LogP contribution >= 0.6 is 0 Å². The maximum atomic E-state index is 9.79. The van der Waals surface area contributed by atoms with Crippen LogP contribution in [0, 0.1) is 6.92 Å². The number of hydrogen-bond acceptors (Lipinski definition) is 6. The number of para-hydroxylation sites is 3. The predicted molar refractivity (Wildman–Crippen MR) is 444 cm³/mol. The van der Waals surface area contributed by atoms with E-state index in [-0.39, 0.29) is 10.9 Å². The smallest absolute Gasteiger partial charge is 0.164 e. The molecule has 0 saturated heterocycles. The molecule has 21 aromatic rings. The molecule has 0 aliphatic rings. The summed E-state index contributed by atoms with van der Waals surface area (Å²) in [4.78, 5) is 28.7. The minimum absolute atomic E-state index is 0.0607. The largest absolute Gasteiger partial charge is 0.309 e. The monoisotopic (exact) mass is 1390 g/mol. The van der Waals surface area contributed by atoms with Crippen molar-refractivity contribution in [3.05, 3.63) is 375 Å². The molecule has 0 atom stereocenters. The molecule has 0 aliphatic heterocycles. The fourth-order valence-corrected chi connectivity index (χ4v) is 13.9.